The summed E-state index contributed by atoms with van der Waals surface area (Å²) in [6.45, 7) is 1.37. The van der Waals surface area contributed by atoms with Crippen molar-refractivity contribution in [2.75, 3.05) is 5.75 Å². The second-order valence-electron chi connectivity index (χ2n) is 4.37. The van der Waals surface area contributed by atoms with Crippen LogP contribution in [0.4, 0.5) is 4.39 Å². The molecule has 1 aromatic carbocycles. The Balaban J connectivity index is 2.83. The number of carbonyl (C=O) groups is 1. The van der Waals surface area contributed by atoms with Crippen molar-refractivity contribution in [1.82, 2.24) is 0 Å². The van der Waals surface area contributed by atoms with E-state index in [9.17, 15) is 27.8 Å². The monoisotopic (exact) mass is 337 g/mol. The van der Waals surface area contributed by atoms with Crippen LogP contribution in [0.3, 0.4) is 0 Å². The second-order valence-corrected chi connectivity index (χ2v) is 7.20. The number of nitrogens with two attached hydrogens (primary N) is 1. The highest BCUT2D eigenvalue weighted by Gasteiger charge is 2.23. The Morgan fingerprint density at radius 3 is 2.52 bits per heavy atom. The van der Waals surface area contributed by atoms with Crippen LogP contribution in [-0.2, 0) is 14.8 Å². The van der Waals surface area contributed by atoms with Gasteiger partial charge in [-0.3, -0.25) is 4.79 Å². The molecule has 0 heterocycles. The smallest absolute Gasteiger partial charge is 0.238 e. The summed E-state index contributed by atoms with van der Waals surface area (Å²) in [4.78, 5) is 10.3. The zero-order chi connectivity index (χ0) is 16.2. The van der Waals surface area contributed by atoms with E-state index in [1.54, 1.807) is 0 Å². The normalized spacial score (nSPS) is 14.7. The predicted octanol–water partition coefficient (Wildman–Crippen LogP) is 0.537. The molecular weight excluding hydrogens is 321 g/mol. The minimum atomic E-state index is -4.04. The Morgan fingerprint density at radius 1 is 1.43 bits per heavy atom. The number of aliphatic hydroxyl groups is 2. The van der Waals surface area contributed by atoms with E-state index in [-0.39, 0.29) is 22.9 Å². The molecule has 4 N–H and O–H groups in total. The first kappa shape index (κ1) is 18.1. The lowest BCUT2D eigenvalue weighted by molar-refractivity contribution is -0.109. The third kappa shape index (κ3) is 5.36. The van der Waals surface area contributed by atoms with Crippen LogP contribution < -0.4 is 5.14 Å². The third-order valence-corrected chi connectivity index (χ3v) is 4.46. The van der Waals surface area contributed by atoms with Crippen LogP contribution in [0.2, 0.25) is 0 Å². The molecule has 21 heavy (non-hydrogen) atoms. The molecule has 0 fully saturated rings. The molecule has 0 radical (unpaired) electrons. The van der Waals surface area contributed by atoms with E-state index in [1.807, 2.05) is 0 Å². The molecule has 0 amide bonds. The summed E-state index contributed by atoms with van der Waals surface area (Å²) in [6, 6.07) is 2.79. The van der Waals surface area contributed by atoms with Crippen LogP contribution >= 0.6 is 11.8 Å². The van der Waals surface area contributed by atoms with E-state index in [4.69, 9.17) is 5.14 Å². The van der Waals surface area contributed by atoms with Gasteiger partial charge in [0.15, 0.2) is 5.12 Å². The topological polar surface area (TPSA) is 118 Å². The third-order valence-electron chi connectivity index (χ3n) is 2.70. The summed E-state index contributed by atoms with van der Waals surface area (Å²) in [6.07, 6.45) is -2.71. The number of sulfonamides is 1. The summed E-state index contributed by atoms with van der Waals surface area (Å²) in [5, 5.41) is 24.4. The zero-order valence-electron chi connectivity index (χ0n) is 11.2. The van der Waals surface area contributed by atoms with Crippen molar-refractivity contribution in [1.29, 1.82) is 0 Å². The Labute approximate surface area is 126 Å². The quantitative estimate of drug-likeness (QED) is 0.697. The summed E-state index contributed by atoms with van der Waals surface area (Å²) in [5.41, 5.74) is -0.234. The number of hydrogen-bond acceptors (Lipinski definition) is 6. The number of carbonyl (C=O) groups excluding carboxylic acids is 1. The summed E-state index contributed by atoms with van der Waals surface area (Å²) < 4.78 is 35.9. The molecule has 6 nitrogen and oxygen atoms in total. The van der Waals surface area contributed by atoms with Crippen molar-refractivity contribution in [3.05, 3.63) is 29.6 Å². The average Bonchev–Trinajstić information content (AvgIpc) is 2.36. The fraction of sp³-hybridized carbons (Fsp3) is 0.417. The van der Waals surface area contributed by atoms with Gasteiger partial charge < -0.3 is 10.2 Å². The fourth-order valence-corrected chi connectivity index (χ4v) is 2.79. The molecule has 1 aromatic rings. The molecule has 118 valence electrons. The van der Waals surface area contributed by atoms with Crippen molar-refractivity contribution in [3.8, 4) is 0 Å². The van der Waals surface area contributed by atoms with Crippen LogP contribution in [0.15, 0.2) is 23.1 Å². The molecular formula is C12H16FNO5S2. The number of primary sulfonamides is 1. The lowest BCUT2D eigenvalue weighted by Gasteiger charge is -2.18. The van der Waals surface area contributed by atoms with Gasteiger partial charge >= 0.3 is 0 Å². The molecule has 0 spiro atoms. The van der Waals surface area contributed by atoms with Gasteiger partial charge in [0.05, 0.1) is 11.0 Å². The average molecular weight is 337 g/mol. The molecule has 2 atom stereocenters. The van der Waals surface area contributed by atoms with Gasteiger partial charge in [-0.1, -0.05) is 17.8 Å². The van der Waals surface area contributed by atoms with Gasteiger partial charge in [0.25, 0.3) is 0 Å². The Kier molecular flexibility index (Phi) is 6.29. The van der Waals surface area contributed by atoms with E-state index in [0.717, 1.165) is 23.9 Å². The first-order chi connectivity index (χ1) is 9.62. The predicted molar refractivity (Wildman–Crippen MR) is 76.5 cm³/mol. The van der Waals surface area contributed by atoms with Crippen LogP contribution in [0.25, 0.3) is 0 Å². The van der Waals surface area contributed by atoms with Crippen molar-refractivity contribution in [2.24, 2.45) is 5.14 Å². The maximum Gasteiger partial charge on any atom is 0.238 e. The number of hydrogen-bond donors (Lipinski definition) is 3. The van der Waals surface area contributed by atoms with E-state index in [2.05, 4.69) is 0 Å². The van der Waals surface area contributed by atoms with Crippen molar-refractivity contribution in [2.45, 2.75) is 30.4 Å². The molecule has 0 aromatic heterocycles. The molecule has 2 unspecified atom stereocenters. The zero-order valence-corrected chi connectivity index (χ0v) is 12.8. The second kappa shape index (κ2) is 7.32. The Morgan fingerprint density at radius 2 is 2.05 bits per heavy atom. The van der Waals surface area contributed by atoms with E-state index in [1.165, 1.54) is 6.92 Å². The first-order valence-electron chi connectivity index (χ1n) is 5.94. The van der Waals surface area contributed by atoms with Crippen LogP contribution in [0.5, 0.6) is 0 Å². The molecule has 0 aliphatic rings. The van der Waals surface area contributed by atoms with Gasteiger partial charge in [-0.25, -0.2) is 17.9 Å². The summed E-state index contributed by atoms with van der Waals surface area (Å²) in [5.74, 6) is -0.697. The van der Waals surface area contributed by atoms with Gasteiger partial charge in [0.2, 0.25) is 10.0 Å². The largest absolute Gasteiger partial charge is 0.390 e. The number of thioether (sulfide) groups is 1. The molecule has 9 heteroatoms. The number of halogens is 1. The molecule has 0 aliphatic carbocycles. The minimum absolute atomic E-state index is 0.0851. The lowest BCUT2D eigenvalue weighted by atomic mass is 10.0. The van der Waals surface area contributed by atoms with Gasteiger partial charge in [0.1, 0.15) is 11.9 Å². The van der Waals surface area contributed by atoms with Crippen LogP contribution in [-0.4, -0.2) is 35.6 Å². The van der Waals surface area contributed by atoms with Crippen molar-refractivity contribution >= 4 is 26.9 Å². The maximum absolute atomic E-state index is 13.8. The molecule has 0 saturated heterocycles. The number of aliphatic hydroxyl groups excluding tert-OH is 2. The maximum atomic E-state index is 13.8. The van der Waals surface area contributed by atoms with Gasteiger partial charge in [-0.15, -0.1) is 0 Å². The highest BCUT2D eigenvalue weighted by molar-refractivity contribution is 8.13. The van der Waals surface area contributed by atoms with Crippen molar-refractivity contribution < 1.29 is 27.8 Å². The first-order valence-corrected chi connectivity index (χ1v) is 8.48. The highest BCUT2D eigenvalue weighted by atomic mass is 32.2. The van der Waals surface area contributed by atoms with E-state index in [0.29, 0.717) is 6.07 Å². The van der Waals surface area contributed by atoms with Gasteiger partial charge in [-0.05, 0) is 18.6 Å². The molecule has 0 bridgehead atoms. The highest BCUT2D eigenvalue weighted by Crippen LogP contribution is 2.24. The fourth-order valence-electron chi connectivity index (χ4n) is 1.61. The number of benzene rings is 1. The summed E-state index contributed by atoms with van der Waals surface area (Å²) >= 11 is 0.983. The van der Waals surface area contributed by atoms with Crippen LogP contribution in [0, 0.1) is 5.82 Å². The minimum Gasteiger partial charge on any atom is -0.390 e. The van der Waals surface area contributed by atoms with Gasteiger partial charge in [-0.2, -0.15) is 0 Å². The molecule has 0 saturated carbocycles. The SMILES string of the molecule is CC(=O)SCCC(O)C(O)c1ccc(S(N)(=O)=O)cc1F. The van der Waals surface area contributed by atoms with Crippen LogP contribution in [0.1, 0.15) is 25.0 Å². The Bertz CT molecular complexity index is 620. The molecule has 0 aliphatic heterocycles. The van der Waals surface area contributed by atoms with Crippen molar-refractivity contribution in [3.63, 3.8) is 0 Å². The number of rotatable bonds is 6. The standard InChI is InChI=1S/C12H16FNO5S2/c1-7(15)20-5-4-11(16)12(17)9-3-2-8(6-10(9)13)21(14,18)19/h2-3,6,11-12,16-17H,4-5H2,1H3,(H2,14,18,19). The lowest BCUT2D eigenvalue weighted by Crippen LogP contribution is -2.21. The Hall–Kier alpha value is -1.00. The summed E-state index contributed by atoms with van der Waals surface area (Å²) in [7, 11) is -4.04. The molecule has 1 rings (SSSR count). The van der Waals surface area contributed by atoms with E-state index < -0.39 is 32.9 Å². The van der Waals surface area contributed by atoms with E-state index >= 15 is 0 Å². The van der Waals surface area contributed by atoms with Gasteiger partial charge in [0, 0.05) is 18.2 Å².